The molecule has 25 atom stereocenters. The fraction of sp³-hybridized carbons (Fsp3) is 0.941. The van der Waals surface area contributed by atoms with E-state index < -0.39 is 198 Å². The average molecular weight is 911 g/mol. The van der Waals surface area contributed by atoms with Crippen molar-refractivity contribution < 1.29 is 129 Å². The average Bonchev–Trinajstić information content (AvgIpc) is 3.23. The molecule has 0 aromatic rings. The first kappa shape index (κ1) is 51.0. The molecular weight excluding hydrogens is 852 g/mol. The second-order valence-corrected chi connectivity index (χ2v) is 15.5. The highest BCUT2D eigenvalue weighted by Gasteiger charge is 2.56. The predicted molar refractivity (Wildman–Crippen MR) is 190 cm³/mol. The van der Waals surface area contributed by atoms with Crippen molar-refractivity contribution in [2.75, 3.05) is 33.0 Å². The lowest BCUT2D eigenvalue weighted by molar-refractivity contribution is -0.384. The van der Waals surface area contributed by atoms with Crippen LogP contribution in [0.4, 0.5) is 0 Å². The molecule has 5 aliphatic rings. The van der Waals surface area contributed by atoms with Crippen molar-refractivity contribution in [2.45, 2.75) is 167 Å². The minimum atomic E-state index is -2.18. The molecule has 5 rings (SSSR count). The summed E-state index contributed by atoms with van der Waals surface area (Å²) in [6.07, 6.45) is -42.3. The normalized spacial score (nSPS) is 49.0. The van der Waals surface area contributed by atoms with E-state index in [1.165, 1.54) is 0 Å². The van der Waals surface area contributed by atoms with Crippen LogP contribution >= 0.6 is 0 Å². The highest BCUT2D eigenvalue weighted by molar-refractivity contribution is 5.73. The molecule has 0 aliphatic carbocycles. The largest absolute Gasteiger partial charge is 0.394 e. The van der Waals surface area contributed by atoms with Crippen LogP contribution < -0.4 is 10.6 Å². The lowest BCUT2D eigenvalue weighted by Gasteiger charge is -2.50. The Hall–Kier alpha value is -2.02. The summed E-state index contributed by atoms with van der Waals surface area (Å²) in [6.45, 7) is -2.31. The van der Waals surface area contributed by atoms with Gasteiger partial charge in [0, 0.05) is 13.8 Å². The standard InChI is InChI=1S/C34H58N2O26/c1-8(41)35-15-20(46)27(12(5-39)55-30(15)53)60-31-16(36-9(2)42)21(47)28(13(6-40)58-31)61-34-26(52)29(62-33-25(51)23(49)18(44)11(4-38)57-33)19(45)14(59-34)7-54-32-24(50)22(48)17(43)10(3-37)56-32/h10-34,37-40,43-53H,3-7H2,1-2H3,(H,35,41)(H,36,42)/t10-,11-,12+,13+,14-,15+,16+,17-,18-,19-,20+,21+,22+,23+,24+,25+,26+,27+,28+,29+,30?,31-,32+,33-,34+/m0/s1. The second kappa shape index (κ2) is 22.0. The Balaban J connectivity index is 1.41. The van der Waals surface area contributed by atoms with E-state index in [1.807, 2.05) is 0 Å². The third-order valence-corrected chi connectivity index (χ3v) is 11.1. The van der Waals surface area contributed by atoms with Gasteiger partial charge in [-0.25, -0.2) is 0 Å². The molecule has 1 unspecified atom stereocenters. The van der Waals surface area contributed by atoms with Crippen LogP contribution in [0, 0.1) is 0 Å². The monoisotopic (exact) mass is 910 g/mol. The van der Waals surface area contributed by atoms with Gasteiger partial charge in [-0.15, -0.1) is 0 Å². The maximum atomic E-state index is 12.4. The number of rotatable bonds is 15. The molecule has 28 heteroatoms. The number of nitrogens with one attached hydrogen (secondary N) is 2. The van der Waals surface area contributed by atoms with Crippen molar-refractivity contribution in [3.05, 3.63) is 0 Å². The molecule has 0 saturated carbocycles. The summed E-state index contributed by atoms with van der Waals surface area (Å²) in [5, 5.41) is 163. The fourth-order valence-corrected chi connectivity index (χ4v) is 7.73. The highest BCUT2D eigenvalue weighted by Crippen LogP contribution is 2.35. The minimum Gasteiger partial charge on any atom is -0.394 e. The molecule has 0 bridgehead atoms. The van der Waals surface area contributed by atoms with Crippen LogP contribution in [-0.4, -0.2) is 275 Å². The predicted octanol–water partition coefficient (Wildman–Crippen LogP) is -11.6. The van der Waals surface area contributed by atoms with Gasteiger partial charge in [-0.3, -0.25) is 9.59 Å². The zero-order chi connectivity index (χ0) is 45.9. The number of hydrogen-bond acceptors (Lipinski definition) is 26. The third-order valence-electron chi connectivity index (χ3n) is 11.1. The third kappa shape index (κ3) is 11.0. The Labute approximate surface area is 351 Å². The first-order valence-electron chi connectivity index (χ1n) is 19.6. The molecule has 62 heavy (non-hydrogen) atoms. The number of amides is 2. The van der Waals surface area contributed by atoms with Gasteiger partial charge >= 0.3 is 0 Å². The zero-order valence-corrected chi connectivity index (χ0v) is 33.2. The van der Waals surface area contributed by atoms with Crippen LogP contribution in [0.1, 0.15) is 13.8 Å². The summed E-state index contributed by atoms with van der Waals surface area (Å²) >= 11 is 0. The molecule has 5 fully saturated rings. The topological polar surface area (TPSA) is 445 Å². The summed E-state index contributed by atoms with van der Waals surface area (Å²) in [4.78, 5) is 24.2. The van der Waals surface area contributed by atoms with E-state index in [2.05, 4.69) is 10.6 Å². The van der Waals surface area contributed by atoms with E-state index in [9.17, 15) is 86.2 Å². The maximum Gasteiger partial charge on any atom is 0.217 e. The number of ether oxygens (including phenoxy) is 9. The maximum absolute atomic E-state index is 12.4. The van der Waals surface area contributed by atoms with Gasteiger partial charge in [-0.1, -0.05) is 0 Å². The molecule has 0 radical (unpaired) electrons. The number of aliphatic hydroxyl groups is 15. The van der Waals surface area contributed by atoms with Crippen molar-refractivity contribution in [1.29, 1.82) is 0 Å². The SMILES string of the molecule is CC(=O)N[C@H]1[C@H](O[C@H]2[C@H](O)[C@@H](NC(C)=O)C(O)O[C@@H]2CO)O[C@H](CO)[C@@H](O[C@H]2O[C@@H](CO[C@@H]3O[C@@H](CO)[C@H](O)[C@@H](O)[C@H]3O)[C@H](O)[C@@H](O[C@@H]3O[C@@H](CO)[C@H](O)[C@@H](O)[C@H]3O)[C@H]2O)[C@@H]1O. The Morgan fingerprint density at radius 1 is 0.419 bits per heavy atom. The van der Waals surface area contributed by atoms with E-state index in [-0.39, 0.29) is 0 Å². The Morgan fingerprint density at radius 3 is 1.35 bits per heavy atom. The van der Waals surface area contributed by atoms with Gasteiger partial charge in [0.25, 0.3) is 0 Å². The molecule has 0 aromatic carbocycles. The van der Waals surface area contributed by atoms with Crippen LogP contribution in [0.3, 0.4) is 0 Å². The molecule has 5 aliphatic heterocycles. The van der Waals surface area contributed by atoms with Gasteiger partial charge in [0.2, 0.25) is 11.8 Å². The molecule has 5 heterocycles. The molecule has 0 aromatic heterocycles. The summed E-state index contributed by atoms with van der Waals surface area (Å²) in [5.74, 6) is -1.49. The molecule has 0 spiro atoms. The summed E-state index contributed by atoms with van der Waals surface area (Å²) < 4.78 is 50.8. The first-order valence-corrected chi connectivity index (χ1v) is 19.6. The van der Waals surface area contributed by atoms with E-state index in [1.54, 1.807) is 0 Å². The summed E-state index contributed by atoms with van der Waals surface area (Å²) in [6, 6.07) is -3.19. The van der Waals surface area contributed by atoms with E-state index in [0.29, 0.717) is 0 Å². The van der Waals surface area contributed by atoms with Gasteiger partial charge in [0.15, 0.2) is 31.5 Å². The van der Waals surface area contributed by atoms with Gasteiger partial charge in [-0.05, 0) is 0 Å². The summed E-state index contributed by atoms with van der Waals surface area (Å²) in [5.41, 5.74) is 0. The fourth-order valence-electron chi connectivity index (χ4n) is 7.73. The molecule has 5 saturated heterocycles. The molecule has 28 nitrogen and oxygen atoms in total. The summed E-state index contributed by atoms with van der Waals surface area (Å²) in [7, 11) is 0. The lowest BCUT2D eigenvalue weighted by Crippen LogP contribution is -2.70. The van der Waals surface area contributed by atoms with Gasteiger partial charge in [0.05, 0.1) is 33.0 Å². The first-order chi connectivity index (χ1) is 29.3. The number of hydrogen-bond donors (Lipinski definition) is 17. The van der Waals surface area contributed by atoms with Crippen molar-refractivity contribution in [2.24, 2.45) is 0 Å². The number of aliphatic hydroxyl groups excluding tert-OH is 15. The van der Waals surface area contributed by atoms with Crippen LogP contribution in [0.2, 0.25) is 0 Å². The lowest BCUT2D eigenvalue weighted by atomic mass is 9.94. The van der Waals surface area contributed by atoms with Crippen LogP contribution in [-0.2, 0) is 52.2 Å². The van der Waals surface area contributed by atoms with E-state index in [4.69, 9.17) is 42.6 Å². The molecule has 360 valence electrons. The van der Waals surface area contributed by atoms with Crippen molar-refractivity contribution in [3.63, 3.8) is 0 Å². The molecule has 2 amide bonds. The zero-order valence-electron chi connectivity index (χ0n) is 33.2. The van der Waals surface area contributed by atoms with Gasteiger partial charge in [-0.2, -0.15) is 0 Å². The van der Waals surface area contributed by atoms with E-state index >= 15 is 0 Å². The van der Waals surface area contributed by atoms with Crippen LogP contribution in [0.15, 0.2) is 0 Å². The van der Waals surface area contributed by atoms with Gasteiger partial charge < -0.3 is 130 Å². The molecular formula is C34H58N2O26. The van der Waals surface area contributed by atoms with Gasteiger partial charge in [0.1, 0.15) is 122 Å². The second-order valence-electron chi connectivity index (χ2n) is 15.5. The van der Waals surface area contributed by atoms with Crippen molar-refractivity contribution in [1.82, 2.24) is 10.6 Å². The Bertz CT molecular complexity index is 1440. The van der Waals surface area contributed by atoms with Crippen molar-refractivity contribution >= 4 is 11.8 Å². The number of carbonyl (C=O) groups excluding carboxylic acids is 2. The highest BCUT2D eigenvalue weighted by atomic mass is 16.8. The molecule has 17 N–H and O–H groups in total. The van der Waals surface area contributed by atoms with Crippen LogP contribution in [0.25, 0.3) is 0 Å². The van der Waals surface area contributed by atoms with Crippen LogP contribution in [0.5, 0.6) is 0 Å². The smallest absolute Gasteiger partial charge is 0.217 e. The Kier molecular flexibility index (Phi) is 18.1. The Morgan fingerprint density at radius 2 is 0.823 bits per heavy atom. The van der Waals surface area contributed by atoms with E-state index in [0.717, 1.165) is 13.8 Å². The van der Waals surface area contributed by atoms with Crippen molar-refractivity contribution in [3.8, 4) is 0 Å². The minimum absolute atomic E-state index is 0.693. The number of carbonyl (C=O) groups is 2. The quantitative estimate of drug-likeness (QED) is 0.0725.